The lowest BCUT2D eigenvalue weighted by molar-refractivity contribution is -0.116. The van der Waals surface area contributed by atoms with Crippen molar-refractivity contribution in [2.45, 2.75) is 6.54 Å². The van der Waals surface area contributed by atoms with Gasteiger partial charge in [-0.15, -0.1) is 0 Å². The van der Waals surface area contributed by atoms with Crippen LogP contribution in [0.4, 0.5) is 5.69 Å². The van der Waals surface area contributed by atoms with Crippen molar-refractivity contribution >= 4 is 17.5 Å². The maximum absolute atomic E-state index is 13.0. The minimum Gasteiger partial charge on any atom is -0.497 e. The Hall–Kier alpha value is -3.22. The van der Waals surface area contributed by atoms with Gasteiger partial charge >= 0.3 is 0 Å². The molecule has 0 unspecified atom stereocenters. The third-order valence-corrected chi connectivity index (χ3v) is 4.21. The number of amides is 2. The molecule has 2 aromatic rings. The van der Waals surface area contributed by atoms with E-state index in [9.17, 15) is 9.59 Å². The van der Waals surface area contributed by atoms with Gasteiger partial charge in [-0.3, -0.25) is 9.59 Å². The van der Waals surface area contributed by atoms with Gasteiger partial charge in [0.05, 0.1) is 39.1 Å². The highest BCUT2D eigenvalue weighted by Crippen LogP contribution is 2.29. The zero-order valence-corrected chi connectivity index (χ0v) is 14.9. The van der Waals surface area contributed by atoms with Crippen LogP contribution in [0.1, 0.15) is 15.9 Å². The van der Waals surface area contributed by atoms with Crippen molar-refractivity contribution in [3.05, 3.63) is 47.5 Å². The second-order valence-electron chi connectivity index (χ2n) is 5.80. The number of benzene rings is 2. The van der Waals surface area contributed by atoms with E-state index in [1.807, 2.05) is 6.07 Å². The summed E-state index contributed by atoms with van der Waals surface area (Å²) in [5, 5.41) is 2.76. The van der Waals surface area contributed by atoms with E-state index in [2.05, 4.69) is 5.32 Å². The van der Waals surface area contributed by atoms with Crippen molar-refractivity contribution in [1.29, 1.82) is 0 Å². The Balaban J connectivity index is 1.94. The zero-order chi connectivity index (χ0) is 18.7. The van der Waals surface area contributed by atoms with E-state index in [1.54, 1.807) is 44.6 Å². The smallest absolute Gasteiger partial charge is 0.256 e. The van der Waals surface area contributed by atoms with Crippen molar-refractivity contribution < 1.29 is 23.8 Å². The summed E-state index contributed by atoms with van der Waals surface area (Å²) >= 11 is 0. The van der Waals surface area contributed by atoms with Crippen molar-refractivity contribution in [2.75, 3.05) is 33.2 Å². The van der Waals surface area contributed by atoms with Gasteiger partial charge in [-0.1, -0.05) is 0 Å². The molecular formula is C19H20N2O5. The molecule has 1 heterocycles. The molecule has 1 aliphatic rings. The lowest BCUT2D eigenvalue weighted by Crippen LogP contribution is -2.34. The number of methoxy groups -OCH3 is 3. The maximum Gasteiger partial charge on any atom is 0.256 e. The van der Waals surface area contributed by atoms with E-state index < -0.39 is 0 Å². The maximum atomic E-state index is 13.0. The third-order valence-electron chi connectivity index (χ3n) is 4.21. The van der Waals surface area contributed by atoms with E-state index in [0.29, 0.717) is 28.5 Å². The molecule has 0 spiro atoms. The normalized spacial score (nSPS) is 13.6. The number of nitrogens with one attached hydrogen (secondary N) is 1. The Bertz CT molecular complexity index is 850. The summed E-state index contributed by atoms with van der Waals surface area (Å²) in [5.74, 6) is 1.29. The Morgan fingerprint density at radius 3 is 2.35 bits per heavy atom. The molecule has 7 nitrogen and oxygen atoms in total. The van der Waals surface area contributed by atoms with Crippen molar-refractivity contribution in [1.82, 2.24) is 4.90 Å². The standard InChI is InChI=1S/C19H20N2O5/c1-24-13-6-7-16-15(8-13)19(23)21(11-18(22)20-16)10-12-4-5-14(25-2)9-17(12)26-3/h4-9H,10-11H2,1-3H3,(H,20,22). The Kier molecular flexibility index (Phi) is 4.97. The number of rotatable bonds is 5. The molecule has 0 bridgehead atoms. The predicted molar refractivity (Wildman–Crippen MR) is 95.9 cm³/mol. The van der Waals surface area contributed by atoms with Gasteiger partial charge in [0.2, 0.25) is 5.91 Å². The average molecular weight is 356 g/mol. The third kappa shape index (κ3) is 3.42. The summed E-state index contributed by atoms with van der Waals surface area (Å²) in [6.45, 7) is 0.182. The lowest BCUT2D eigenvalue weighted by Gasteiger charge is -2.21. The van der Waals surface area contributed by atoms with Gasteiger partial charge in [0.15, 0.2) is 0 Å². The van der Waals surface area contributed by atoms with E-state index in [4.69, 9.17) is 14.2 Å². The summed E-state index contributed by atoms with van der Waals surface area (Å²) < 4.78 is 15.8. The molecule has 0 aliphatic carbocycles. The van der Waals surface area contributed by atoms with E-state index in [0.717, 1.165) is 5.56 Å². The first-order chi connectivity index (χ1) is 12.5. The molecule has 7 heteroatoms. The molecule has 0 radical (unpaired) electrons. The SMILES string of the molecule is COc1ccc(CN2CC(=O)Nc3ccc(OC)cc3C2=O)c(OC)c1. The molecule has 0 fully saturated rings. The van der Waals surface area contributed by atoms with Gasteiger partial charge in [0.25, 0.3) is 5.91 Å². The lowest BCUT2D eigenvalue weighted by atomic mass is 10.1. The number of anilines is 1. The number of carbonyl (C=O) groups is 2. The molecule has 26 heavy (non-hydrogen) atoms. The second-order valence-corrected chi connectivity index (χ2v) is 5.80. The Labute approximate surface area is 151 Å². The highest BCUT2D eigenvalue weighted by Gasteiger charge is 2.27. The monoisotopic (exact) mass is 356 g/mol. The van der Waals surface area contributed by atoms with E-state index >= 15 is 0 Å². The van der Waals surface area contributed by atoms with Crippen molar-refractivity contribution in [2.24, 2.45) is 0 Å². The number of carbonyl (C=O) groups excluding carboxylic acids is 2. The topological polar surface area (TPSA) is 77.1 Å². The fraction of sp³-hybridized carbons (Fsp3) is 0.263. The van der Waals surface area contributed by atoms with Gasteiger partial charge in [-0.05, 0) is 30.3 Å². The molecule has 2 amide bonds. The highest BCUT2D eigenvalue weighted by molar-refractivity contribution is 6.08. The summed E-state index contributed by atoms with van der Waals surface area (Å²) in [5.41, 5.74) is 1.65. The average Bonchev–Trinajstić information content (AvgIpc) is 2.78. The van der Waals surface area contributed by atoms with Crippen molar-refractivity contribution in [3.8, 4) is 17.2 Å². The van der Waals surface area contributed by atoms with Crippen LogP contribution in [0.15, 0.2) is 36.4 Å². The Morgan fingerprint density at radius 1 is 0.962 bits per heavy atom. The van der Waals surface area contributed by atoms with Crippen LogP contribution in [-0.4, -0.2) is 44.6 Å². The zero-order valence-electron chi connectivity index (χ0n) is 14.9. The molecule has 1 N–H and O–H groups in total. The minimum absolute atomic E-state index is 0.0506. The van der Waals surface area contributed by atoms with Crippen LogP contribution in [0, 0.1) is 0 Å². The number of fused-ring (bicyclic) bond motifs is 1. The molecule has 0 saturated heterocycles. The van der Waals surface area contributed by atoms with Crippen LogP contribution < -0.4 is 19.5 Å². The fourth-order valence-corrected chi connectivity index (χ4v) is 2.86. The van der Waals surface area contributed by atoms with Crippen LogP contribution in [0.2, 0.25) is 0 Å². The fourth-order valence-electron chi connectivity index (χ4n) is 2.86. The molecule has 1 aliphatic heterocycles. The molecule has 2 aromatic carbocycles. The van der Waals surface area contributed by atoms with Gasteiger partial charge in [-0.25, -0.2) is 0 Å². The van der Waals surface area contributed by atoms with E-state index in [-0.39, 0.29) is 24.9 Å². The molecule has 136 valence electrons. The Morgan fingerprint density at radius 2 is 1.65 bits per heavy atom. The second kappa shape index (κ2) is 7.35. The van der Waals surface area contributed by atoms with Gasteiger partial charge in [0, 0.05) is 11.6 Å². The molecule has 0 saturated carbocycles. The summed E-state index contributed by atoms with van der Waals surface area (Å²) in [4.78, 5) is 26.7. The van der Waals surface area contributed by atoms with Crippen LogP contribution in [0.5, 0.6) is 17.2 Å². The van der Waals surface area contributed by atoms with Crippen LogP contribution in [0.3, 0.4) is 0 Å². The molecule has 3 rings (SSSR count). The first-order valence-electron chi connectivity index (χ1n) is 8.03. The summed E-state index contributed by atoms with van der Waals surface area (Å²) in [6, 6.07) is 10.4. The van der Waals surface area contributed by atoms with E-state index in [1.165, 1.54) is 12.0 Å². The first-order valence-corrected chi connectivity index (χ1v) is 8.03. The van der Waals surface area contributed by atoms with Gasteiger partial charge in [-0.2, -0.15) is 0 Å². The molecule has 0 atom stereocenters. The van der Waals surface area contributed by atoms with Crippen LogP contribution in [0.25, 0.3) is 0 Å². The number of hydrogen-bond donors (Lipinski definition) is 1. The summed E-state index contributed by atoms with van der Waals surface area (Å²) in [7, 11) is 4.65. The summed E-state index contributed by atoms with van der Waals surface area (Å²) in [6.07, 6.45) is 0. The number of nitrogens with zero attached hydrogens (tertiary/aromatic N) is 1. The minimum atomic E-state index is -0.255. The quantitative estimate of drug-likeness (QED) is 0.890. The van der Waals surface area contributed by atoms with Gasteiger partial charge in [0.1, 0.15) is 23.8 Å². The van der Waals surface area contributed by atoms with Crippen LogP contribution >= 0.6 is 0 Å². The number of ether oxygens (including phenoxy) is 3. The molecule has 0 aromatic heterocycles. The number of hydrogen-bond acceptors (Lipinski definition) is 5. The highest BCUT2D eigenvalue weighted by atomic mass is 16.5. The van der Waals surface area contributed by atoms with Crippen LogP contribution in [-0.2, 0) is 11.3 Å². The first kappa shape index (κ1) is 17.6. The van der Waals surface area contributed by atoms with Crippen molar-refractivity contribution in [3.63, 3.8) is 0 Å². The molecular weight excluding hydrogens is 336 g/mol. The van der Waals surface area contributed by atoms with Gasteiger partial charge < -0.3 is 24.4 Å². The predicted octanol–water partition coefficient (Wildman–Crippen LogP) is 2.31. The largest absolute Gasteiger partial charge is 0.497 e.